The van der Waals surface area contributed by atoms with Gasteiger partial charge in [-0.3, -0.25) is 9.78 Å². The van der Waals surface area contributed by atoms with Gasteiger partial charge in [0.15, 0.2) is 0 Å². The molecule has 5 nitrogen and oxygen atoms in total. The minimum absolute atomic E-state index is 0.0316. The van der Waals surface area contributed by atoms with Crippen molar-refractivity contribution in [3.8, 4) is 6.07 Å². The highest BCUT2D eigenvalue weighted by Crippen LogP contribution is 2.21. The Morgan fingerprint density at radius 1 is 1.12 bits per heavy atom. The number of anilines is 2. The van der Waals surface area contributed by atoms with Gasteiger partial charge in [0.2, 0.25) is 0 Å². The van der Waals surface area contributed by atoms with E-state index in [1.165, 1.54) is 6.20 Å². The SMILES string of the molecule is N#C/C(=C/Nc1cccc2cccnc12)C(=O)Nc1ccc(Br)cc1. The summed E-state index contributed by atoms with van der Waals surface area (Å²) in [4.78, 5) is 16.6. The summed E-state index contributed by atoms with van der Waals surface area (Å²) < 4.78 is 0.909. The van der Waals surface area contributed by atoms with E-state index in [-0.39, 0.29) is 5.57 Å². The lowest BCUT2D eigenvalue weighted by Gasteiger charge is -2.07. The molecule has 2 N–H and O–H groups in total. The topological polar surface area (TPSA) is 77.8 Å². The number of amides is 1. The van der Waals surface area contributed by atoms with E-state index in [1.807, 2.05) is 48.5 Å². The first-order chi connectivity index (χ1) is 12.2. The van der Waals surface area contributed by atoms with E-state index < -0.39 is 5.91 Å². The third-order valence-corrected chi connectivity index (χ3v) is 4.00. The van der Waals surface area contributed by atoms with E-state index in [4.69, 9.17) is 0 Å². The molecule has 0 fully saturated rings. The molecular formula is C19H13BrN4O. The van der Waals surface area contributed by atoms with Crippen LogP contribution in [0.15, 0.2) is 77.0 Å². The zero-order valence-corrected chi connectivity index (χ0v) is 14.6. The van der Waals surface area contributed by atoms with E-state index in [0.29, 0.717) is 5.69 Å². The van der Waals surface area contributed by atoms with Gasteiger partial charge in [-0.25, -0.2) is 0 Å². The number of nitriles is 1. The van der Waals surface area contributed by atoms with Gasteiger partial charge in [0.05, 0.1) is 11.2 Å². The maximum atomic E-state index is 12.2. The number of carbonyl (C=O) groups excluding carboxylic acids is 1. The lowest BCUT2D eigenvalue weighted by Crippen LogP contribution is -2.14. The van der Waals surface area contributed by atoms with Crippen molar-refractivity contribution in [1.29, 1.82) is 5.26 Å². The molecule has 0 spiro atoms. The van der Waals surface area contributed by atoms with Crippen LogP contribution in [-0.4, -0.2) is 10.9 Å². The maximum absolute atomic E-state index is 12.2. The number of nitrogens with one attached hydrogen (secondary N) is 2. The van der Waals surface area contributed by atoms with Gasteiger partial charge in [-0.2, -0.15) is 5.26 Å². The monoisotopic (exact) mass is 392 g/mol. The van der Waals surface area contributed by atoms with Crippen LogP contribution in [0.3, 0.4) is 0 Å². The Hall–Kier alpha value is -3.17. The number of para-hydroxylation sites is 1. The molecule has 0 radical (unpaired) electrons. The largest absolute Gasteiger partial charge is 0.358 e. The predicted octanol–water partition coefficient (Wildman–Crippen LogP) is 4.46. The minimum atomic E-state index is -0.481. The highest BCUT2D eigenvalue weighted by atomic mass is 79.9. The predicted molar refractivity (Wildman–Crippen MR) is 102 cm³/mol. The first-order valence-electron chi connectivity index (χ1n) is 7.45. The van der Waals surface area contributed by atoms with Gasteiger partial charge in [0.25, 0.3) is 5.91 Å². The quantitative estimate of drug-likeness (QED) is 0.507. The molecule has 0 saturated carbocycles. The normalized spacial score (nSPS) is 11.0. The Morgan fingerprint density at radius 2 is 1.88 bits per heavy atom. The van der Waals surface area contributed by atoms with Crippen LogP contribution in [0.4, 0.5) is 11.4 Å². The van der Waals surface area contributed by atoms with Gasteiger partial charge in [0, 0.05) is 27.9 Å². The van der Waals surface area contributed by atoms with E-state index >= 15 is 0 Å². The third kappa shape index (κ3) is 4.03. The summed E-state index contributed by atoms with van der Waals surface area (Å²) in [6, 6.07) is 18.5. The second-order valence-corrected chi connectivity index (χ2v) is 6.07. The molecule has 0 bridgehead atoms. The molecule has 3 aromatic rings. The molecule has 0 aliphatic heterocycles. The third-order valence-electron chi connectivity index (χ3n) is 3.47. The summed E-state index contributed by atoms with van der Waals surface area (Å²) >= 11 is 3.33. The number of hydrogen-bond acceptors (Lipinski definition) is 4. The van der Waals surface area contributed by atoms with E-state index in [9.17, 15) is 10.1 Å². The van der Waals surface area contributed by atoms with Crippen LogP contribution < -0.4 is 10.6 Å². The first kappa shape index (κ1) is 16.7. The summed E-state index contributed by atoms with van der Waals surface area (Å²) in [6.07, 6.45) is 3.08. The Morgan fingerprint density at radius 3 is 2.64 bits per heavy atom. The first-order valence-corrected chi connectivity index (χ1v) is 8.24. The smallest absolute Gasteiger partial charge is 0.267 e. The average molecular weight is 393 g/mol. The van der Waals surface area contributed by atoms with Crippen LogP contribution in [0.2, 0.25) is 0 Å². The Kier molecular flexibility index (Phi) is 5.07. The van der Waals surface area contributed by atoms with Gasteiger partial charge in [-0.1, -0.05) is 34.1 Å². The number of rotatable bonds is 4. The number of halogens is 1. The fourth-order valence-corrected chi connectivity index (χ4v) is 2.52. The molecule has 1 heterocycles. The van der Waals surface area contributed by atoms with Crippen LogP contribution >= 0.6 is 15.9 Å². The van der Waals surface area contributed by atoms with Gasteiger partial charge >= 0.3 is 0 Å². The molecule has 3 rings (SSSR count). The molecule has 1 aromatic heterocycles. The zero-order valence-electron chi connectivity index (χ0n) is 13.0. The lowest BCUT2D eigenvalue weighted by atomic mass is 10.2. The molecule has 0 unspecified atom stereocenters. The van der Waals surface area contributed by atoms with Crippen molar-refractivity contribution in [2.75, 3.05) is 10.6 Å². The lowest BCUT2D eigenvalue weighted by molar-refractivity contribution is -0.112. The number of benzene rings is 2. The van der Waals surface area contributed by atoms with Gasteiger partial charge in [-0.05, 0) is 36.4 Å². The van der Waals surface area contributed by atoms with E-state index in [2.05, 4.69) is 31.5 Å². The van der Waals surface area contributed by atoms with E-state index in [1.54, 1.807) is 18.3 Å². The van der Waals surface area contributed by atoms with Gasteiger partial charge < -0.3 is 10.6 Å². The number of carbonyl (C=O) groups is 1. The second-order valence-electron chi connectivity index (χ2n) is 5.16. The van der Waals surface area contributed by atoms with Crippen molar-refractivity contribution < 1.29 is 4.79 Å². The molecule has 0 atom stereocenters. The summed E-state index contributed by atoms with van der Waals surface area (Å²) in [5.74, 6) is -0.481. The van der Waals surface area contributed by atoms with Crippen molar-refractivity contribution in [3.63, 3.8) is 0 Å². The molecule has 1 amide bonds. The second kappa shape index (κ2) is 7.60. The fourth-order valence-electron chi connectivity index (χ4n) is 2.25. The maximum Gasteiger partial charge on any atom is 0.267 e. The van der Waals surface area contributed by atoms with Crippen molar-refractivity contribution >= 4 is 44.1 Å². The highest BCUT2D eigenvalue weighted by molar-refractivity contribution is 9.10. The van der Waals surface area contributed by atoms with Crippen LogP contribution in [0.5, 0.6) is 0 Å². The van der Waals surface area contributed by atoms with Crippen molar-refractivity contribution in [2.45, 2.75) is 0 Å². The van der Waals surface area contributed by atoms with Crippen LogP contribution in [0, 0.1) is 11.3 Å². The molecule has 2 aromatic carbocycles. The Bertz CT molecular complexity index is 985. The number of nitrogens with zero attached hydrogens (tertiary/aromatic N) is 2. The van der Waals surface area contributed by atoms with Crippen molar-refractivity contribution in [1.82, 2.24) is 4.98 Å². The van der Waals surface area contributed by atoms with Crippen molar-refractivity contribution in [3.05, 3.63) is 77.0 Å². The number of pyridine rings is 1. The summed E-state index contributed by atoms with van der Waals surface area (Å²) in [6.45, 7) is 0. The molecule has 0 saturated heterocycles. The molecule has 0 aliphatic carbocycles. The van der Waals surface area contributed by atoms with E-state index in [0.717, 1.165) is 21.1 Å². The fraction of sp³-hybridized carbons (Fsp3) is 0. The van der Waals surface area contributed by atoms with Crippen molar-refractivity contribution in [2.24, 2.45) is 0 Å². The van der Waals surface area contributed by atoms with Crippen LogP contribution in [0.1, 0.15) is 0 Å². The number of fused-ring (bicyclic) bond motifs is 1. The van der Waals surface area contributed by atoms with Gasteiger partial charge in [0.1, 0.15) is 11.6 Å². The molecular weight excluding hydrogens is 380 g/mol. The number of aromatic nitrogens is 1. The number of hydrogen-bond donors (Lipinski definition) is 2. The standard InChI is InChI=1S/C19H13BrN4O/c20-15-6-8-16(9-7-15)24-19(25)14(11-21)12-23-17-5-1-3-13-4-2-10-22-18(13)17/h1-10,12,23H,(H,24,25)/b14-12-. The molecule has 0 aliphatic rings. The Labute approximate surface area is 153 Å². The summed E-state index contributed by atoms with van der Waals surface area (Å²) in [7, 11) is 0. The molecule has 25 heavy (non-hydrogen) atoms. The van der Waals surface area contributed by atoms with Gasteiger partial charge in [-0.15, -0.1) is 0 Å². The minimum Gasteiger partial charge on any atom is -0.358 e. The highest BCUT2D eigenvalue weighted by Gasteiger charge is 2.09. The van der Waals surface area contributed by atoms with Crippen LogP contribution in [0.25, 0.3) is 10.9 Å². The average Bonchev–Trinajstić information content (AvgIpc) is 2.64. The Balaban J connectivity index is 1.79. The summed E-state index contributed by atoms with van der Waals surface area (Å²) in [5, 5.41) is 15.9. The molecule has 6 heteroatoms. The summed E-state index contributed by atoms with van der Waals surface area (Å²) in [5.41, 5.74) is 2.08. The van der Waals surface area contributed by atoms with Crippen LogP contribution in [-0.2, 0) is 4.79 Å². The molecule has 122 valence electrons. The zero-order chi connectivity index (χ0) is 17.6.